The number of alkyl carbamates (subject to hydrolysis) is 1. The maximum Gasteiger partial charge on any atom is 0.407 e. The highest BCUT2D eigenvalue weighted by molar-refractivity contribution is 5.68. The van der Waals surface area contributed by atoms with Gasteiger partial charge in [-0.15, -0.1) is 0 Å². The van der Waals surface area contributed by atoms with E-state index >= 15 is 0 Å². The lowest BCUT2D eigenvalue weighted by atomic mass is 10.1. The fourth-order valence-corrected chi connectivity index (χ4v) is 3.63. The van der Waals surface area contributed by atoms with Crippen molar-refractivity contribution in [3.05, 3.63) is 29.5 Å². The van der Waals surface area contributed by atoms with Crippen LogP contribution in [0.3, 0.4) is 0 Å². The molecule has 2 aliphatic rings. The molecule has 0 unspecified atom stereocenters. The van der Waals surface area contributed by atoms with Gasteiger partial charge in [0.15, 0.2) is 0 Å². The number of anilines is 1. The largest absolute Gasteiger partial charge is 0.444 e. The summed E-state index contributed by atoms with van der Waals surface area (Å²) in [6.45, 7) is 10.1. The number of amides is 1. The summed E-state index contributed by atoms with van der Waals surface area (Å²) in [4.78, 5) is 16.7. The van der Waals surface area contributed by atoms with Gasteiger partial charge in [0.25, 0.3) is 0 Å². The van der Waals surface area contributed by atoms with Gasteiger partial charge in [-0.25, -0.2) is 9.31 Å². The Bertz CT molecular complexity index is 858. The quantitative estimate of drug-likeness (QED) is 0.877. The number of nitrogens with zero attached hydrogens (tertiary/aromatic N) is 4. The second-order valence-corrected chi connectivity index (χ2v) is 9.04. The second-order valence-electron chi connectivity index (χ2n) is 9.04. The lowest BCUT2D eigenvalue weighted by Gasteiger charge is -2.34. The van der Waals surface area contributed by atoms with Crippen LogP contribution in [-0.4, -0.2) is 59.4 Å². The maximum atomic E-state index is 12.0. The predicted octanol–water partition coefficient (Wildman–Crippen LogP) is 2.99. The van der Waals surface area contributed by atoms with Crippen LogP contribution in [0.25, 0.3) is 5.52 Å². The molecule has 3 heterocycles. The van der Waals surface area contributed by atoms with Crippen molar-refractivity contribution in [3.8, 4) is 0 Å². The predicted molar refractivity (Wildman–Crippen MR) is 110 cm³/mol. The van der Waals surface area contributed by atoms with Crippen LogP contribution in [0.4, 0.5) is 10.6 Å². The van der Waals surface area contributed by atoms with E-state index in [9.17, 15) is 4.79 Å². The fourth-order valence-electron chi connectivity index (χ4n) is 3.63. The summed E-state index contributed by atoms with van der Waals surface area (Å²) >= 11 is 0. The molecule has 152 valence electrons. The van der Waals surface area contributed by atoms with Gasteiger partial charge in [-0.05, 0) is 70.3 Å². The van der Waals surface area contributed by atoms with Crippen molar-refractivity contribution in [2.24, 2.45) is 0 Å². The van der Waals surface area contributed by atoms with E-state index < -0.39 is 11.7 Å². The summed E-state index contributed by atoms with van der Waals surface area (Å²) in [6.07, 6.45) is 2.14. The highest BCUT2D eigenvalue weighted by atomic mass is 16.6. The molecule has 1 saturated heterocycles. The topological polar surface area (TPSA) is 62.1 Å². The molecule has 1 saturated carbocycles. The van der Waals surface area contributed by atoms with Crippen molar-refractivity contribution in [2.75, 3.05) is 38.1 Å². The van der Waals surface area contributed by atoms with Crippen molar-refractivity contribution in [1.29, 1.82) is 0 Å². The van der Waals surface area contributed by atoms with E-state index in [1.165, 1.54) is 18.4 Å². The van der Waals surface area contributed by atoms with Crippen LogP contribution in [0.2, 0.25) is 0 Å². The Balaban J connectivity index is 1.57. The number of aromatic nitrogens is 2. The fraction of sp³-hybridized carbons (Fsp3) is 0.619. The number of nitrogens with one attached hydrogen (secondary N) is 1. The number of ether oxygens (including phenoxy) is 1. The smallest absolute Gasteiger partial charge is 0.407 e. The lowest BCUT2D eigenvalue weighted by molar-refractivity contribution is 0.0523. The first-order valence-electron chi connectivity index (χ1n) is 10.2. The first kappa shape index (κ1) is 19.1. The molecule has 2 fully saturated rings. The number of fused-ring (bicyclic) bond motifs is 1. The molecule has 28 heavy (non-hydrogen) atoms. The van der Waals surface area contributed by atoms with Crippen LogP contribution in [0.5, 0.6) is 0 Å². The van der Waals surface area contributed by atoms with Gasteiger partial charge in [0.05, 0.1) is 17.8 Å². The van der Waals surface area contributed by atoms with E-state index in [2.05, 4.69) is 40.4 Å². The zero-order valence-corrected chi connectivity index (χ0v) is 17.4. The molecule has 0 bridgehead atoms. The molecule has 0 atom stereocenters. The Labute approximate surface area is 166 Å². The first-order chi connectivity index (χ1) is 13.3. The molecule has 2 aromatic heterocycles. The summed E-state index contributed by atoms with van der Waals surface area (Å²) in [6, 6.07) is 6.64. The van der Waals surface area contributed by atoms with Crippen molar-refractivity contribution < 1.29 is 9.53 Å². The molecule has 4 rings (SSSR count). The minimum Gasteiger partial charge on any atom is -0.444 e. The number of likely N-dealkylation sites (N-methyl/N-ethyl adjacent to an activating group) is 1. The minimum atomic E-state index is -0.503. The van der Waals surface area contributed by atoms with E-state index in [0.29, 0.717) is 12.5 Å². The monoisotopic (exact) mass is 385 g/mol. The van der Waals surface area contributed by atoms with E-state index in [0.717, 1.165) is 43.2 Å². The van der Waals surface area contributed by atoms with Crippen molar-refractivity contribution in [3.63, 3.8) is 0 Å². The van der Waals surface area contributed by atoms with E-state index in [4.69, 9.17) is 9.84 Å². The van der Waals surface area contributed by atoms with Gasteiger partial charge in [0, 0.05) is 26.2 Å². The molecular formula is C21H31N5O2. The molecule has 1 aliphatic carbocycles. The average molecular weight is 386 g/mol. The number of carbonyl (C=O) groups is 1. The van der Waals surface area contributed by atoms with Crippen molar-refractivity contribution in [2.45, 2.75) is 51.7 Å². The van der Waals surface area contributed by atoms with Gasteiger partial charge >= 0.3 is 6.09 Å². The summed E-state index contributed by atoms with van der Waals surface area (Å²) in [5.74, 6) is 1.85. The Hall–Kier alpha value is -2.28. The van der Waals surface area contributed by atoms with E-state index in [-0.39, 0.29) is 0 Å². The number of rotatable bonds is 4. The molecule has 0 aromatic carbocycles. The Morgan fingerprint density at radius 3 is 2.54 bits per heavy atom. The molecule has 1 N–H and O–H groups in total. The number of carbonyl (C=O) groups excluding carboxylic acids is 1. The molecule has 0 spiro atoms. The summed E-state index contributed by atoms with van der Waals surface area (Å²) in [5.41, 5.74) is 2.85. The van der Waals surface area contributed by atoms with Crippen LogP contribution in [0.15, 0.2) is 18.2 Å². The zero-order valence-electron chi connectivity index (χ0n) is 17.4. The highest BCUT2D eigenvalue weighted by Crippen LogP contribution is 2.41. The SMILES string of the molecule is CN1CCN(c2cc(C3CC3)cc3cc(CNC(=O)OC(C)(C)C)nn23)CC1. The Morgan fingerprint density at radius 1 is 1.18 bits per heavy atom. The lowest BCUT2D eigenvalue weighted by Crippen LogP contribution is -2.45. The van der Waals surface area contributed by atoms with Gasteiger partial charge in [-0.1, -0.05) is 0 Å². The third-order valence-corrected chi connectivity index (χ3v) is 5.30. The van der Waals surface area contributed by atoms with E-state index in [1.54, 1.807) is 0 Å². The van der Waals surface area contributed by atoms with Gasteiger partial charge in [-0.3, -0.25) is 0 Å². The molecule has 1 amide bonds. The minimum absolute atomic E-state index is 0.359. The Morgan fingerprint density at radius 2 is 1.89 bits per heavy atom. The normalized spacial score (nSPS) is 18.5. The van der Waals surface area contributed by atoms with Crippen molar-refractivity contribution >= 4 is 17.4 Å². The molecule has 2 aromatic rings. The van der Waals surface area contributed by atoms with Gasteiger partial charge < -0.3 is 19.9 Å². The van der Waals surface area contributed by atoms with Gasteiger partial charge in [0.2, 0.25) is 0 Å². The first-order valence-corrected chi connectivity index (χ1v) is 10.2. The molecule has 7 nitrogen and oxygen atoms in total. The number of piperazine rings is 1. The standard InChI is InChI=1S/C21H31N5O2/c1-21(2,3)28-20(27)22-14-17-13-18-11-16(15-5-6-15)12-19(26(18)23-17)25-9-7-24(4)8-10-25/h11-13,15H,5-10,14H2,1-4H3,(H,22,27). The van der Waals surface area contributed by atoms with Gasteiger partial charge in [-0.2, -0.15) is 5.10 Å². The van der Waals surface area contributed by atoms with Crippen LogP contribution in [-0.2, 0) is 11.3 Å². The van der Waals surface area contributed by atoms with Crippen LogP contribution in [0.1, 0.15) is 50.8 Å². The Kier molecular flexibility index (Phi) is 4.95. The van der Waals surface area contributed by atoms with Crippen LogP contribution in [0, 0.1) is 0 Å². The average Bonchev–Trinajstić information content (AvgIpc) is 3.38. The summed E-state index contributed by atoms with van der Waals surface area (Å²) < 4.78 is 7.35. The zero-order chi connectivity index (χ0) is 19.9. The number of hydrogen-bond donors (Lipinski definition) is 1. The molecule has 1 aliphatic heterocycles. The number of pyridine rings is 1. The summed E-state index contributed by atoms with van der Waals surface area (Å²) in [5, 5.41) is 7.60. The number of hydrogen-bond acceptors (Lipinski definition) is 5. The molecule has 0 radical (unpaired) electrons. The van der Waals surface area contributed by atoms with E-state index in [1.807, 2.05) is 25.3 Å². The highest BCUT2D eigenvalue weighted by Gasteiger charge is 2.27. The van der Waals surface area contributed by atoms with Crippen LogP contribution >= 0.6 is 0 Å². The van der Waals surface area contributed by atoms with Gasteiger partial charge in [0.1, 0.15) is 11.4 Å². The third-order valence-electron chi connectivity index (χ3n) is 5.30. The molecule has 7 heteroatoms. The van der Waals surface area contributed by atoms with Crippen LogP contribution < -0.4 is 10.2 Å². The maximum absolute atomic E-state index is 12.0. The third kappa shape index (κ3) is 4.41. The second kappa shape index (κ2) is 7.28. The van der Waals surface area contributed by atoms with Crippen molar-refractivity contribution in [1.82, 2.24) is 19.8 Å². The summed E-state index contributed by atoms with van der Waals surface area (Å²) in [7, 11) is 2.17. The molecular weight excluding hydrogens is 354 g/mol.